The van der Waals surface area contributed by atoms with Gasteiger partial charge in [-0.3, -0.25) is 9.59 Å². The number of hydrogen-bond acceptors (Lipinski definition) is 5. The molecule has 0 saturated carbocycles. The van der Waals surface area contributed by atoms with Crippen LogP contribution in [0.3, 0.4) is 0 Å². The highest BCUT2D eigenvalue weighted by Crippen LogP contribution is 2.20. The molecule has 0 radical (unpaired) electrons. The molecular weight excluding hydrogens is 302 g/mol. The van der Waals surface area contributed by atoms with Gasteiger partial charge in [-0.05, 0) is 26.2 Å². The van der Waals surface area contributed by atoms with Gasteiger partial charge >= 0.3 is 0 Å². The van der Waals surface area contributed by atoms with Gasteiger partial charge in [-0.15, -0.1) is 11.8 Å². The van der Waals surface area contributed by atoms with Gasteiger partial charge in [-0.1, -0.05) is 0 Å². The van der Waals surface area contributed by atoms with Gasteiger partial charge in [-0.25, -0.2) is 0 Å². The van der Waals surface area contributed by atoms with Gasteiger partial charge in [0, 0.05) is 31.7 Å². The summed E-state index contributed by atoms with van der Waals surface area (Å²) in [6.07, 6.45) is 3.17. The van der Waals surface area contributed by atoms with Crippen molar-refractivity contribution in [1.29, 1.82) is 0 Å². The monoisotopic (exact) mass is 329 g/mol. The number of ether oxygens (including phenoxy) is 1. The quantitative estimate of drug-likeness (QED) is 0.785. The smallest absolute Gasteiger partial charge is 0.232 e. The molecule has 126 valence electrons. The Morgan fingerprint density at radius 1 is 1.18 bits per heavy atom. The molecule has 2 aliphatic heterocycles. The number of morpholine rings is 1. The van der Waals surface area contributed by atoms with Crippen LogP contribution in [0, 0.1) is 0 Å². The molecule has 0 aliphatic carbocycles. The lowest BCUT2D eigenvalue weighted by Crippen LogP contribution is -2.52. The highest BCUT2D eigenvalue weighted by molar-refractivity contribution is 8.00. The topological polar surface area (TPSA) is 75.9 Å². The van der Waals surface area contributed by atoms with E-state index in [-0.39, 0.29) is 23.9 Å². The maximum atomic E-state index is 12.4. The molecular formula is C15H27N3O3S. The van der Waals surface area contributed by atoms with Crippen molar-refractivity contribution in [3.05, 3.63) is 0 Å². The number of nitrogens with two attached hydrogens (primary N) is 1. The van der Waals surface area contributed by atoms with Crippen LogP contribution < -0.4 is 5.73 Å². The normalized spacial score (nSPS) is 24.2. The lowest BCUT2D eigenvalue weighted by atomic mass is 9.97. The van der Waals surface area contributed by atoms with Crippen LogP contribution >= 0.6 is 11.8 Å². The predicted molar refractivity (Wildman–Crippen MR) is 87.7 cm³/mol. The van der Waals surface area contributed by atoms with E-state index in [1.165, 1.54) is 11.8 Å². The van der Waals surface area contributed by atoms with Crippen LogP contribution in [0.25, 0.3) is 0 Å². The number of carbonyl (C=O) groups excluding carboxylic acids is 2. The van der Waals surface area contributed by atoms with Gasteiger partial charge in [0.15, 0.2) is 0 Å². The van der Waals surface area contributed by atoms with Gasteiger partial charge in [-0.2, -0.15) is 0 Å². The number of amides is 2. The first kappa shape index (κ1) is 17.6. The third-order valence-corrected chi connectivity index (χ3v) is 5.19. The zero-order valence-corrected chi connectivity index (χ0v) is 14.1. The van der Waals surface area contributed by atoms with Crippen LogP contribution in [-0.2, 0) is 14.3 Å². The van der Waals surface area contributed by atoms with Crippen molar-refractivity contribution in [3.8, 4) is 0 Å². The Morgan fingerprint density at radius 3 is 2.55 bits per heavy atom. The zero-order chi connectivity index (χ0) is 15.9. The molecule has 2 rings (SSSR count). The van der Waals surface area contributed by atoms with E-state index in [1.807, 2.05) is 16.7 Å². The molecule has 2 N–H and O–H groups in total. The summed E-state index contributed by atoms with van der Waals surface area (Å²) in [4.78, 5) is 28.1. The molecule has 0 spiro atoms. The van der Waals surface area contributed by atoms with Crippen molar-refractivity contribution >= 4 is 23.6 Å². The first-order chi connectivity index (χ1) is 10.6. The summed E-state index contributed by atoms with van der Waals surface area (Å²) < 4.78 is 5.23. The summed E-state index contributed by atoms with van der Waals surface area (Å²) in [5, 5.41) is 0. The van der Waals surface area contributed by atoms with E-state index in [1.54, 1.807) is 0 Å². The molecule has 7 heteroatoms. The largest absolute Gasteiger partial charge is 0.378 e. The van der Waals surface area contributed by atoms with E-state index in [2.05, 4.69) is 0 Å². The standard InChI is InChI=1S/C15H27N3O3S/c1-12(16)13-4-2-3-5-18(13)15(20)11-22-10-14(19)17-6-8-21-9-7-17/h12-13H,2-11,16H2,1H3. The Kier molecular flexibility index (Phi) is 6.98. The molecule has 2 fully saturated rings. The fraction of sp³-hybridized carbons (Fsp3) is 0.867. The van der Waals surface area contributed by atoms with Crippen molar-refractivity contribution in [2.75, 3.05) is 44.4 Å². The third-order valence-electron chi connectivity index (χ3n) is 4.29. The van der Waals surface area contributed by atoms with Crippen LogP contribution in [0.4, 0.5) is 0 Å². The molecule has 0 aromatic carbocycles. The second-order valence-corrected chi connectivity index (χ2v) is 6.98. The summed E-state index contributed by atoms with van der Waals surface area (Å²) >= 11 is 1.41. The maximum Gasteiger partial charge on any atom is 0.232 e. The number of thioether (sulfide) groups is 1. The van der Waals surface area contributed by atoms with Crippen molar-refractivity contribution in [2.45, 2.75) is 38.3 Å². The Morgan fingerprint density at radius 2 is 1.86 bits per heavy atom. The zero-order valence-electron chi connectivity index (χ0n) is 13.3. The molecule has 2 atom stereocenters. The van der Waals surface area contributed by atoms with Crippen molar-refractivity contribution in [2.24, 2.45) is 5.73 Å². The lowest BCUT2D eigenvalue weighted by Gasteiger charge is -2.38. The molecule has 0 aromatic heterocycles. The SMILES string of the molecule is CC(N)C1CCCCN1C(=O)CSCC(=O)N1CCOCC1. The van der Waals surface area contributed by atoms with Gasteiger partial charge in [0.25, 0.3) is 0 Å². The van der Waals surface area contributed by atoms with Crippen LogP contribution in [-0.4, -0.2) is 78.1 Å². The number of rotatable bonds is 5. The van der Waals surface area contributed by atoms with Crippen LogP contribution in [0.2, 0.25) is 0 Å². The summed E-state index contributed by atoms with van der Waals surface area (Å²) in [5.74, 6) is 0.937. The van der Waals surface area contributed by atoms with Crippen LogP contribution in [0.15, 0.2) is 0 Å². The van der Waals surface area contributed by atoms with Gasteiger partial charge in [0.2, 0.25) is 11.8 Å². The minimum absolute atomic E-state index is 0.00392. The average Bonchev–Trinajstić information content (AvgIpc) is 2.55. The maximum absolute atomic E-state index is 12.4. The summed E-state index contributed by atoms with van der Waals surface area (Å²) in [7, 11) is 0. The minimum atomic E-state index is 0.00392. The molecule has 2 amide bonds. The van der Waals surface area contributed by atoms with Gasteiger partial charge < -0.3 is 20.3 Å². The van der Waals surface area contributed by atoms with E-state index < -0.39 is 0 Å². The van der Waals surface area contributed by atoms with E-state index >= 15 is 0 Å². The number of likely N-dealkylation sites (tertiary alicyclic amines) is 1. The van der Waals surface area contributed by atoms with E-state index in [0.717, 1.165) is 25.8 Å². The Balaban J connectivity index is 1.73. The molecule has 0 bridgehead atoms. The molecule has 2 heterocycles. The molecule has 2 aliphatic rings. The number of piperidine rings is 1. The average molecular weight is 329 g/mol. The lowest BCUT2D eigenvalue weighted by molar-refractivity contribution is -0.132. The molecule has 2 saturated heterocycles. The molecule has 22 heavy (non-hydrogen) atoms. The highest BCUT2D eigenvalue weighted by Gasteiger charge is 2.29. The Bertz CT molecular complexity index is 386. The first-order valence-electron chi connectivity index (χ1n) is 8.08. The third kappa shape index (κ3) is 4.86. The fourth-order valence-corrected chi connectivity index (χ4v) is 3.83. The van der Waals surface area contributed by atoms with Crippen molar-refractivity contribution < 1.29 is 14.3 Å². The Hall–Kier alpha value is -0.790. The number of hydrogen-bond donors (Lipinski definition) is 1. The molecule has 0 aromatic rings. The molecule has 2 unspecified atom stereocenters. The second kappa shape index (κ2) is 8.74. The van der Waals surface area contributed by atoms with E-state index in [0.29, 0.717) is 37.8 Å². The highest BCUT2D eigenvalue weighted by atomic mass is 32.2. The predicted octanol–water partition coefficient (Wildman–Crippen LogP) is 0.307. The minimum Gasteiger partial charge on any atom is -0.378 e. The van der Waals surface area contributed by atoms with Gasteiger partial charge in [0.05, 0.1) is 24.7 Å². The number of carbonyl (C=O) groups is 2. The second-order valence-electron chi connectivity index (χ2n) is 6.00. The van der Waals surface area contributed by atoms with E-state index in [9.17, 15) is 9.59 Å². The fourth-order valence-electron chi connectivity index (χ4n) is 3.03. The Labute approximate surface area is 136 Å². The number of nitrogens with zero attached hydrogens (tertiary/aromatic N) is 2. The van der Waals surface area contributed by atoms with E-state index in [4.69, 9.17) is 10.5 Å². The summed E-state index contributed by atoms with van der Waals surface area (Å²) in [5.41, 5.74) is 6.00. The van der Waals surface area contributed by atoms with Crippen molar-refractivity contribution in [3.63, 3.8) is 0 Å². The first-order valence-corrected chi connectivity index (χ1v) is 9.23. The van der Waals surface area contributed by atoms with Crippen molar-refractivity contribution in [1.82, 2.24) is 9.80 Å². The van der Waals surface area contributed by atoms with Gasteiger partial charge in [0.1, 0.15) is 0 Å². The van der Waals surface area contributed by atoms with Crippen LogP contribution in [0.5, 0.6) is 0 Å². The summed E-state index contributed by atoms with van der Waals surface area (Å²) in [6, 6.07) is 0.154. The molecule has 6 nitrogen and oxygen atoms in total. The van der Waals surface area contributed by atoms with Crippen LogP contribution in [0.1, 0.15) is 26.2 Å². The summed E-state index contributed by atoms with van der Waals surface area (Å²) in [6.45, 7) is 5.30.